The monoisotopic (exact) mass is 1040 g/mol. The van der Waals surface area contributed by atoms with Gasteiger partial charge in [-0.2, -0.15) is 0 Å². The van der Waals surface area contributed by atoms with Crippen molar-refractivity contribution < 1.29 is 0 Å². The largest absolute Gasteiger partial charge is 0.344 e. The highest BCUT2D eigenvalue weighted by Crippen LogP contribution is 2.66. The summed E-state index contributed by atoms with van der Waals surface area (Å²) >= 11 is 0. The van der Waals surface area contributed by atoms with Gasteiger partial charge in [-0.1, -0.05) is 255 Å². The Bertz CT molecular complexity index is 4710. The van der Waals surface area contributed by atoms with Crippen molar-refractivity contribution in [2.45, 2.75) is 10.8 Å². The molecule has 0 aromatic heterocycles. The molecule has 0 saturated carbocycles. The summed E-state index contributed by atoms with van der Waals surface area (Å²) in [5.41, 5.74) is 26.9. The van der Waals surface area contributed by atoms with Crippen LogP contribution >= 0.6 is 0 Å². The van der Waals surface area contributed by atoms with Gasteiger partial charge in [0.1, 0.15) is 0 Å². The minimum Gasteiger partial charge on any atom is -0.344 e. The second kappa shape index (κ2) is 16.6. The van der Waals surface area contributed by atoms with Crippen LogP contribution in [-0.4, -0.2) is 14.1 Å². The van der Waals surface area contributed by atoms with E-state index in [9.17, 15) is 0 Å². The Morgan fingerprint density at radius 3 is 0.939 bits per heavy atom. The summed E-state index contributed by atoms with van der Waals surface area (Å²) < 4.78 is 0. The van der Waals surface area contributed by atoms with Crippen LogP contribution in [-0.2, 0) is 10.8 Å². The molecule has 14 aromatic carbocycles. The summed E-state index contributed by atoms with van der Waals surface area (Å²) in [5.74, 6) is 0. The molecule has 0 bridgehead atoms. The molecule has 0 N–H and O–H groups in total. The zero-order valence-electron chi connectivity index (χ0n) is 45.5. The van der Waals surface area contributed by atoms with Crippen molar-refractivity contribution >= 4 is 65.8 Å². The fourth-order valence-corrected chi connectivity index (χ4v) is 16.4. The number of para-hydroxylation sites is 4. The van der Waals surface area contributed by atoms with Gasteiger partial charge in [-0.25, -0.2) is 0 Å². The number of hydrogen-bond donors (Lipinski definition) is 0. The predicted molar refractivity (Wildman–Crippen MR) is 344 cm³/mol. The normalized spacial score (nSPS) is 14.4. The molecule has 82 heavy (non-hydrogen) atoms. The molecule has 2 heteroatoms. The minimum absolute atomic E-state index is 0.534. The van der Waals surface area contributed by atoms with Gasteiger partial charge in [0.05, 0.1) is 22.2 Å². The van der Waals surface area contributed by atoms with Crippen LogP contribution in [0.15, 0.2) is 279 Å². The Morgan fingerprint density at radius 2 is 0.512 bits per heavy atom. The zero-order valence-corrected chi connectivity index (χ0v) is 45.5. The maximum atomic E-state index is 2.56. The van der Waals surface area contributed by atoms with Crippen LogP contribution < -0.4 is 9.80 Å². The molecular formula is C80H52N2. The highest BCUT2D eigenvalue weighted by atomic mass is 15.1. The third-order valence-corrected chi connectivity index (χ3v) is 19.4. The number of rotatable bonds is 3. The first-order chi connectivity index (χ1) is 40.6. The number of fused-ring (bicyclic) bond motifs is 22. The lowest BCUT2D eigenvalue weighted by Crippen LogP contribution is -2.36. The van der Waals surface area contributed by atoms with Gasteiger partial charge in [-0.3, -0.25) is 0 Å². The molecule has 0 fully saturated rings. The summed E-state index contributed by atoms with van der Waals surface area (Å²) in [6.07, 6.45) is 0. The van der Waals surface area contributed by atoms with Crippen LogP contribution in [0.1, 0.15) is 44.5 Å². The lowest BCUT2D eigenvalue weighted by molar-refractivity contribution is 0.749. The summed E-state index contributed by atoms with van der Waals surface area (Å²) in [4.78, 5) is 4.97. The molecule has 2 aliphatic carbocycles. The molecule has 382 valence electrons. The van der Waals surface area contributed by atoms with Crippen molar-refractivity contribution in [3.05, 3.63) is 324 Å². The average molecular weight is 1040 g/mol. The van der Waals surface area contributed by atoms with Gasteiger partial charge < -0.3 is 9.80 Å². The quantitative estimate of drug-likeness (QED) is 0.163. The topological polar surface area (TPSA) is 6.48 Å². The van der Waals surface area contributed by atoms with E-state index in [1.807, 2.05) is 0 Å². The van der Waals surface area contributed by atoms with Crippen LogP contribution in [0, 0.1) is 0 Å². The third kappa shape index (κ3) is 5.64. The highest BCUT2D eigenvalue weighted by Gasteiger charge is 2.53. The standard InChI is InChI=1S/C80H52N2/c1-81-73-45-17-15-41-69(73)79(65-37-11-7-27-55(65)56-28-8-12-38-66(56)79)71-43-21-35-61(77(71)81)53-31-19-33-59-63(53)48-64-54(32-20-34-60(64)76(59)75-51-25-5-3-23-49(51)47-50-24-4-6-26-52(50)75)62-36-22-44-72-78(62)82(2)74-46-18-16-42-70(74)80(72)67-39-13-9-29-57(67)58-30-10-14-40-68(58)80/h3-48H,1-2H3. The Morgan fingerprint density at radius 1 is 0.220 bits per heavy atom. The second-order valence-corrected chi connectivity index (χ2v) is 23.0. The van der Waals surface area contributed by atoms with Gasteiger partial charge >= 0.3 is 0 Å². The van der Waals surface area contributed by atoms with E-state index in [2.05, 4.69) is 303 Å². The summed E-state index contributed by atoms with van der Waals surface area (Å²) in [5, 5.41) is 9.84. The zero-order chi connectivity index (χ0) is 54.0. The molecule has 18 rings (SSSR count). The highest BCUT2D eigenvalue weighted by molar-refractivity contribution is 6.26. The molecule has 14 aromatic rings. The molecule has 0 unspecified atom stereocenters. The molecule has 0 saturated heterocycles. The van der Waals surface area contributed by atoms with Crippen molar-refractivity contribution in [2.24, 2.45) is 0 Å². The Labute approximate surface area is 477 Å². The van der Waals surface area contributed by atoms with E-state index < -0.39 is 10.8 Å². The number of benzene rings is 14. The van der Waals surface area contributed by atoms with Gasteiger partial charge in [0.2, 0.25) is 0 Å². The minimum atomic E-state index is -0.534. The average Bonchev–Trinajstić information content (AvgIpc) is 1.68. The maximum Gasteiger partial charge on any atom is 0.0754 e. The maximum absolute atomic E-state index is 2.56. The van der Waals surface area contributed by atoms with Crippen molar-refractivity contribution in [3.63, 3.8) is 0 Å². The van der Waals surface area contributed by atoms with Crippen LogP contribution in [0.2, 0.25) is 0 Å². The van der Waals surface area contributed by atoms with E-state index in [-0.39, 0.29) is 0 Å². The van der Waals surface area contributed by atoms with E-state index in [0.717, 1.165) is 0 Å². The SMILES string of the molecule is CN1c2ccccc2C2(c3ccccc3-c3ccccc32)c2cccc(-c3cccc4c(-c5c6ccccc6cc6ccccc56)c5cccc(-c6cccc7c6N(C)c6ccccc6C76c7ccccc7-c7ccccc76)c5cc34)c21. The molecule has 2 aliphatic heterocycles. The third-order valence-electron chi connectivity index (χ3n) is 19.4. The van der Waals surface area contributed by atoms with Gasteiger partial charge in [-0.05, 0) is 156 Å². The van der Waals surface area contributed by atoms with Crippen molar-refractivity contribution in [2.75, 3.05) is 23.9 Å². The lowest BCUT2D eigenvalue weighted by Gasteiger charge is -2.44. The second-order valence-electron chi connectivity index (χ2n) is 23.0. The van der Waals surface area contributed by atoms with E-state index in [4.69, 9.17) is 0 Å². The Hall–Kier alpha value is -10.3. The molecule has 2 spiro atoms. The molecular weight excluding hydrogens is 989 g/mol. The Kier molecular flexibility index (Phi) is 9.25. The lowest BCUT2D eigenvalue weighted by atomic mass is 9.64. The van der Waals surface area contributed by atoms with Gasteiger partial charge in [-0.15, -0.1) is 0 Å². The molecule has 0 radical (unpaired) electrons. The van der Waals surface area contributed by atoms with Crippen LogP contribution in [0.25, 0.3) is 98.7 Å². The fraction of sp³-hybridized carbons (Fsp3) is 0.0500. The van der Waals surface area contributed by atoms with E-state index >= 15 is 0 Å². The molecule has 4 aliphatic rings. The molecule has 2 nitrogen and oxygen atoms in total. The predicted octanol–water partition coefficient (Wildman–Crippen LogP) is 20.2. The van der Waals surface area contributed by atoms with Gasteiger partial charge in [0, 0.05) is 36.6 Å². The van der Waals surface area contributed by atoms with Crippen molar-refractivity contribution in [3.8, 4) is 55.6 Å². The van der Waals surface area contributed by atoms with Crippen molar-refractivity contribution in [1.82, 2.24) is 0 Å². The summed E-state index contributed by atoms with van der Waals surface area (Å²) in [7, 11) is 4.57. The van der Waals surface area contributed by atoms with Gasteiger partial charge in [0.25, 0.3) is 0 Å². The van der Waals surface area contributed by atoms with E-state index in [0.29, 0.717) is 0 Å². The first-order valence-electron chi connectivity index (χ1n) is 28.8. The Balaban J connectivity index is 0.976. The first kappa shape index (κ1) is 45.6. The summed E-state index contributed by atoms with van der Waals surface area (Å²) in [6.45, 7) is 0. The smallest absolute Gasteiger partial charge is 0.0754 e. The number of anilines is 4. The molecule has 0 atom stereocenters. The van der Waals surface area contributed by atoms with Crippen LogP contribution in [0.4, 0.5) is 22.7 Å². The van der Waals surface area contributed by atoms with Crippen molar-refractivity contribution in [1.29, 1.82) is 0 Å². The number of hydrogen-bond acceptors (Lipinski definition) is 2. The van der Waals surface area contributed by atoms with Crippen LogP contribution in [0.5, 0.6) is 0 Å². The number of nitrogens with zero attached hydrogens (tertiary/aromatic N) is 2. The van der Waals surface area contributed by atoms with Crippen LogP contribution in [0.3, 0.4) is 0 Å². The summed E-state index contributed by atoms with van der Waals surface area (Å²) in [6, 6.07) is 106. The molecule has 2 heterocycles. The fourth-order valence-electron chi connectivity index (χ4n) is 16.4. The first-order valence-corrected chi connectivity index (χ1v) is 28.8. The van der Waals surface area contributed by atoms with Gasteiger partial charge in [0.15, 0.2) is 0 Å². The van der Waals surface area contributed by atoms with E-state index in [1.165, 1.54) is 166 Å². The molecule has 0 amide bonds. The van der Waals surface area contributed by atoms with E-state index in [1.54, 1.807) is 0 Å².